The summed E-state index contributed by atoms with van der Waals surface area (Å²) in [6, 6.07) is 5.03. The van der Waals surface area contributed by atoms with Gasteiger partial charge in [0.15, 0.2) is 0 Å². The normalized spacial score (nSPS) is 10.6. The van der Waals surface area contributed by atoms with E-state index in [1.807, 2.05) is 0 Å². The predicted octanol–water partition coefficient (Wildman–Crippen LogP) is 2.68. The number of benzene rings is 1. The quantitative estimate of drug-likeness (QED) is 0.657. The molecule has 0 bridgehead atoms. The molecule has 1 rings (SSSR count). The van der Waals surface area contributed by atoms with Gasteiger partial charge >= 0.3 is 0 Å². The Kier molecular flexibility index (Phi) is 4.62. The number of hydrogen-bond acceptors (Lipinski definition) is 2. The van der Waals surface area contributed by atoms with Crippen LogP contribution in [0.15, 0.2) is 24.3 Å². The Morgan fingerprint density at radius 1 is 1.47 bits per heavy atom. The molecule has 0 spiro atoms. The second-order valence-corrected chi connectivity index (χ2v) is 3.51. The van der Waals surface area contributed by atoms with E-state index >= 15 is 0 Å². The fourth-order valence-electron chi connectivity index (χ4n) is 0.937. The molecular formula is C10H9Cl2NO2. The maximum Gasteiger partial charge on any atom is 0.267 e. The Morgan fingerprint density at radius 2 is 2.20 bits per heavy atom. The zero-order chi connectivity index (χ0) is 11.3. The van der Waals surface area contributed by atoms with Gasteiger partial charge in [-0.25, -0.2) is 5.48 Å². The molecule has 0 radical (unpaired) electrons. The third kappa shape index (κ3) is 3.91. The van der Waals surface area contributed by atoms with Crippen molar-refractivity contribution in [2.24, 2.45) is 0 Å². The fourth-order valence-corrected chi connectivity index (χ4v) is 1.41. The molecule has 0 aromatic heterocycles. The third-order valence-corrected chi connectivity index (χ3v) is 2.14. The number of rotatable bonds is 3. The number of amides is 1. The second kappa shape index (κ2) is 5.75. The minimum atomic E-state index is -0.358. The van der Waals surface area contributed by atoms with E-state index in [1.54, 1.807) is 24.3 Å². The smallest absolute Gasteiger partial charge is 0.267 e. The van der Waals surface area contributed by atoms with Crippen LogP contribution in [0.5, 0.6) is 0 Å². The van der Waals surface area contributed by atoms with Gasteiger partial charge in [0.25, 0.3) is 5.91 Å². The van der Waals surface area contributed by atoms with Crippen LogP contribution in [0.4, 0.5) is 0 Å². The van der Waals surface area contributed by atoms with Crippen LogP contribution in [0.1, 0.15) is 5.56 Å². The predicted molar refractivity (Wildman–Crippen MR) is 60.6 cm³/mol. The van der Waals surface area contributed by atoms with Gasteiger partial charge in [0, 0.05) is 16.1 Å². The Hall–Kier alpha value is -1.03. The SMILES string of the molecule is CONC(=O)/C=C/c1ccc(Cl)cc1Cl. The van der Waals surface area contributed by atoms with Crippen molar-refractivity contribution in [2.45, 2.75) is 0 Å². The van der Waals surface area contributed by atoms with Gasteiger partial charge in [-0.3, -0.25) is 9.63 Å². The molecule has 0 aliphatic carbocycles. The van der Waals surface area contributed by atoms with Crippen molar-refractivity contribution in [2.75, 3.05) is 7.11 Å². The summed E-state index contributed by atoms with van der Waals surface area (Å²) in [6.07, 6.45) is 2.89. The molecular weight excluding hydrogens is 237 g/mol. The summed E-state index contributed by atoms with van der Waals surface area (Å²) in [6.45, 7) is 0. The first-order valence-corrected chi connectivity index (χ1v) is 4.85. The average molecular weight is 246 g/mol. The van der Waals surface area contributed by atoms with E-state index in [0.29, 0.717) is 15.6 Å². The zero-order valence-electron chi connectivity index (χ0n) is 7.96. The Labute approximate surface area is 97.6 Å². The van der Waals surface area contributed by atoms with Crippen molar-refractivity contribution in [3.8, 4) is 0 Å². The monoisotopic (exact) mass is 245 g/mol. The number of carbonyl (C=O) groups is 1. The number of carbonyl (C=O) groups excluding carboxylic acids is 1. The molecule has 1 N–H and O–H groups in total. The summed E-state index contributed by atoms with van der Waals surface area (Å²) in [7, 11) is 1.36. The first-order chi connectivity index (χ1) is 7.13. The first-order valence-electron chi connectivity index (χ1n) is 4.09. The molecule has 0 fully saturated rings. The highest BCUT2D eigenvalue weighted by molar-refractivity contribution is 6.35. The van der Waals surface area contributed by atoms with E-state index in [9.17, 15) is 4.79 Å². The number of hydrogen-bond donors (Lipinski definition) is 1. The second-order valence-electron chi connectivity index (χ2n) is 2.67. The molecule has 0 unspecified atom stereocenters. The standard InChI is InChI=1S/C10H9Cl2NO2/c1-15-13-10(14)5-3-7-2-4-8(11)6-9(7)12/h2-6H,1H3,(H,13,14)/b5-3+. The molecule has 1 aromatic rings. The molecule has 1 aromatic carbocycles. The first kappa shape index (κ1) is 12.0. The van der Waals surface area contributed by atoms with Gasteiger partial charge in [0.2, 0.25) is 0 Å². The Balaban J connectivity index is 2.76. The van der Waals surface area contributed by atoms with Crippen molar-refractivity contribution >= 4 is 35.2 Å². The summed E-state index contributed by atoms with van der Waals surface area (Å²) < 4.78 is 0. The minimum Gasteiger partial charge on any atom is -0.277 e. The maximum atomic E-state index is 11.0. The minimum absolute atomic E-state index is 0.358. The number of hydroxylamine groups is 1. The lowest BCUT2D eigenvalue weighted by Crippen LogP contribution is -2.18. The van der Waals surface area contributed by atoms with Crippen LogP contribution in [-0.4, -0.2) is 13.0 Å². The van der Waals surface area contributed by atoms with Gasteiger partial charge in [-0.15, -0.1) is 0 Å². The van der Waals surface area contributed by atoms with Crippen LogP contribution >= 0.6 is 23.2 Å². The maximum absolute atomic E-state index is 11.0. The van der Waals surface area contributed by atoms with Crippen molar-refractivity contribution in [1.82, 2.24) is 5.48 Å². The molecule has 80 valence electrons. The largest absolute Gasteiger partial charge is 0.277 e. The molecule has 15 heavy (non-hydrogen) atoms. The summed E-state index contributed by atoms with van der Waals surface area (Å²) in [4.78, 5) is 15.4. The Morgan fingerprint density at radius 3 is 2.80 bits per heavy atom. The van der Waals surface area contributed by atoms with Crippen LogP contribution in [-0.2, 0) is 9.63 Å². The van der Waals surface area contributed by atoms with Gasteiger partial charge in [-0.1, -0.05) is 29.3 Å². The molecule has 5 heteroatoms. The van der Waals surface area contributed by atoms with Crippen LogP contribution in [0.25, 0.3) is 6.08 Å². The van der Waals surface area contributed by atoms with Gasteiger partial charge in [-0.2, -0.15) is 0 Å². The van der Waals surface area contributed by atoms with E-state index in [0.717, 1.165) is 0 Å². The topological polar surface area (TPSA) is 38.3 Å². The highest BCUT2D eigenvalue weighted by atomic mass is 35.5. The van der Waals surface area contributed by atoms with E-state index < -0.39 is 0 Å². The molecule has 1 amide bonds. The summed E-state index contributed by atoms with van der Waals surface area (Å²) in [5.41, 5.74) is 2.87. The van der Waals surface area contributed by atoms with E-state index in [1.165, 1.54) is 13.2 Å². The molecule has 0 aliphatic rings. The van der Waals surface area contributed by atoms with E-state index in [2.05, 4.69) is 10.3 Å². The molecule has 0 aliphatic heterocycles. The van der Waals surface area contributed by atoms with Gasteiger partial charge in [0.1, 0.15) is 0 Å². The van der Waals surface area contributed by atoms with Crippen LogP contribution in [0, 0.1) is 0 Å². The van der Waals surface area contributed by atoms with E-state index in [4.69, 9.17) is 23.2 Å². The van der Waals surface area contributed by atoms with Gasteiger partial charge in [0.05, 0.1) is 7.11 Å². The van der Waals surface area contributed by atoms with Gasteiger partial charge < -0.3 is 0 Å². The molecule has 0 saturated carbocycles. The summed E-state index contributed by atoms with van der Waals surface area (Å²) in [5, 5.41) is 1.04. The van der Waals surface area contributed by atoms with Crippen molar-refractivity contribution in [1.29, 1.82) is 0 Å². The zero-order valence-corrected chi connectivity index (χ0v) is 9.47. The lowest BCUT2D eigenvalue weighted by atomic mass is 10.2. The molecule has 0 saturated heterocycles. The highest BCUT2D eigenvalue weighted by Crippen LogP contribution is 2.21. The lowest BCUT2D eigenvalue weighted by molar-refractivity contribution is -0.126. The summed E-state index contributed by atoms with van der Waals surface area (Å²) in [5.74, 6) is -0.358. The van der Waals surface area contributed by atoms with Crippen molar-refractivity contribution in [3.63, 3.8) is 0 Å². The number of halogens is 2. The molecule has 0 atom stereocenters. The van der Waals surface area contributed by atoms with Gasteiger partial charge in [-0.05, 0) is 23.8 Å². The highest BCUT2D eigenvalue weighted by Gasteiger charge is 1.98. The fraction of sp³-hybridized carbons (Fsp3) is 0.100. The lowest BCUT2D eigenvalue weighted by Gasteiger charge is -1.99. The molecule has 3 nitrogen and oxygen atoms in total. The van der Waals surface area contributed by atoms with Crippen LogP contribution < -0.4 is 5.48 Å². The number of nitrogens with one attached hydrogen (secondary N) is 1. The average Bonchev–Trinajstić information content (AvgIpc) is 2.17. The van der Waals surface area contributed by atoms with E-state index in [-0.39, 0.29) is 5.91 Å². The van der Waals surface area contributed by atoms with Crippen molar-refractivity contribution < 1.29 is 9.63 Å². The van der Waals surface area contributed by atoms with Crippen LogP contribution in [0.2, 0.25) is 10.0 Å². The van der Waals surface area contributed by atoms with Crippen LogP contribution in [0.3, 0.4) is 0 Å². The Bertz CT molecular complexity index is 391. The molecule has 0 heterocycles. The summed E-state index contributed by atoms with van der Waals surface area (Å²) >= 11 is 11.6. The third-order valence-electron chi connectivity index (χ3n) is 1.58. The van der Waals surface area contributed by atoms with Crippen molar-refractivity contribution in [3.05, 3.63) is 39.9 Å².